The van der Waals surface area contributed by atoms with Crippen molar-refractivity contribution < 1.29 is 4.79 Å². The first kappa shape index (κ1) is 14.1. The minimum absolute atomic E-state index is 0.0201. The Morgan fingerprint density at radius 2 is 2.05 bits per heavy atom. The first-order valence-electron chi connectivity index (χ1n) is 7.32. The molecule has 19 heavy (non-hydrogen) atoms. The number of aryl methyl sites for hydroxylation is 1. The summed E-state index contributed by atoms with van der Waals surface area (Å²) >= 11 is 0. The third kappa shape index (κ3) is 3.82. The van der Waals surface area contributed by atoms with Gasteiger partial charge < -0.3 is 5.32 Å². The molecule has 0 unspecified atom stereocenters. The van der Waals surface area contributed by atoms with Gasteiger partial charge in [-0.2, -0.15) is 5.10 Å². The van der Waals surface area contributed by atoms with Crippen molar-refractivity contribution in [1.29, 1.82) is 0 Å². The summed E-state index contributed by atoms with van der Waals surface area (Å²) < 4.78 is 0. The predicted octanol–water partition coefficient (Wildman–Crippen LogP) is 2.84. The highest BCUT2D eigenvalue weighted by molar-refractivity contribution is 5.94. The number of nitrogens with one attached hydrogen (secondary N) is 2. The van der Waals surface area contributed by atoms with Gasteiger partial charge in [0.05, 0.1) is 0 Å². The molecule has 2 N–H and O–H groups in total. The van der Waals surface area contributed by atoms with Gasteiger partial charge in [0, 0.05) is 17.8 Å². The van der Waals surface area contributed by atoms with Crippen molar-refractivity contribution in [1.82, 2.24) is 15.5 Å². The Balaban J connectivity index is 1.85. The predicted molar refractivity (Wildman–Crippen MR) is 76.3 cm³/mol. The molecule has 4 heteroatoms. The Labute approximate surface area is 115 Å². The van der Waals surface area contributed by atoms with Crippen LogP contribution in [0.5, 0.6) is 0 Å². The van der Waals surface area contributed by atoms with Crippen LogP contribution in [0.1, 0.15) is 68.2 Å². The highest BCUT2D eigenvalue weighted by Gasteiger charge is 2.21. The molecule has 0 fully saturated rings. The number of hydrogen-bond donors (Lipinski definition) is 2. The molecule has 0 aromatic carbocycles. The van der Waals surface area contributed by atoms with Crippen LogP contribution in [0.4, 0.5) is 0 Å². The van der Waals surface area contributed by atoms with Crippen molar-refractivity contribution in [3.05, 3.63) is 17.0 Å². The maximum absolute atomic E-state index is 12.1. The Morgan fingerprint density at radius 1 is 1.32 bits per heavy atom. The molecule has 1 amide bonds. The topological polar surface area (TPSA) is 57.8 Å². The number of carbonyl (C=O) groups excluding carboxylic acids is 1. The van der Waals surface area contributed by atoms with Crippen LogP contribution < -0.4 is 5.32 Å². The average Bonchev–Trinajstić information content (AvgIpc) is 2.77. The number of hydrogen-bond acceptors (Lipinski definition) is 2. The molecule has 4 nitrogen and oxygen atoms in total. The van der Waals surface area contributed by atoms with E-state index in [-0.39, 0.29) is 5.91 Å². The lowest BCUT2D eigenvalue weighted by Gasteiger charge is -2.17. The number of aromatic nitrogens is 2. The van der Waals surface area contributed by atoms with Crippen LogP contribution in [0.25, 0.3) is 0 Å². The molecule has 0 bridgehead atoms. The number of H-pyrrole nitrogens is 1. The minimum atomic E-state index is -0.0201. The average molecular weight is 263 g/mol. The Hall–Kier alpha value is -1.32. The fourth-order valence-electron chi connectivity index (χ4n) is 2.57. The monoisotopic (exact) mass is 263 g/mol. The lowest BCUT2D eigenvalue weighted by molar-refractivity contribution is 0.0945. The van der Waals surface area contributed by atoms with Crippen LogP contribution in [0.15, 0.2) is 0 Å². The number of aromatic amines is 1. The smallest absolute Gasteiger partial charge is 0.272 e. The summed E-state index contributed by atoms with van der Waals surface area (Å²) in [5, 5.41) is 10.2. The van der Waals surface area contributed by atoms with Crippen LogP contribution >= 0.6 is 0 Å². The van der Waals surface area contributed by atoms with Gasteiger partial charge in [-0.1, -0.05) is 20.8 Å². The van der Waals surface area contributed by atoms with E-state index in [9.17, 15) is 4.79 Å². The maximum Gasteiger partial charge on any atom is 0.272 e. The minimum Gasteiger partial charge on any atom is -0.351 e. The van der Waals surface area contributed by atoms with Gasteiger partial charge in [0.25, 0.3) is 5.91 Å². The molecular weight excluding hydrogens is 238 g/mol. The molecule has 0 saturated carbocycles. The summed E-state index contributed by atoms with van der Waals surface area (Å²) in [5.41, 5.74) is 3.24. The summed E-state index contributed by atoms with van der Waals surface area (Å²) in [6.07, 6.45) is 6.50. The first-order valence-corrected chi connectivity index (χ1v) is 7.32. The third-order valence-corrected chi connectivity index (χ3v) is 3.66. The second kappa shape index (κ2) is 5.76. The lowest BCUT2D eigenvalue weighted by atomic mass is 9.90. The number of carbonyl (C=O) groups is 1. The Kier molecular flexibility index (Phi) is 4.27. The van der Waals surface area contributed by atoms with Crippen molar-refractivity contribution in [2.75, 3.05) is 6.54 Å². The van der Waals surface area contributed by atoms with Gasteiger partial charge in [0.1, 0.15) is 0 Å². The fourth-order valence-corrected chi connectivity index (χ4v) is 2.57. The molecule has 1 aliphatic rings. The number of fused-ring (bicyclic) bond motifs is 1. The molecule has 0 aliphatic heterocycles. The van der Waals surface area contributed by atoms with Crippen LogP contribution in [-0.2, 0) is 12.8 Å². The van der Waals surface area contributed by atoms with Gasteiger partial charge in [-0.3, -0.25) is 9.89 Å². The van der Waals surface area contributed by atoms with Crippen LogP contribution in [0.3, 0.4) is 0 Å². The van der Waals surface area contributed by atoms with Gasteiger partial charge in [-0.05, 0) is 43.9 Å². The molecule has 1 aliphatic carbocycles. The zero-order valence-corrected chi connectivity index (χ0v) is 12.3. The Bertz CT molecular complexity index is 443. The van der Waals surface area contributed by atoms with E-state index in [1.165, 1.54) is 6.42 Å². The SMILES string of the molecule is CC(C)(C)CCCNC(=O)c1n[nH]c2c1CCCC2. The third-order valence-electron chi connectivity index (χ3n) is 3.66. The molecule has 1 heterocycles. The van der Waals surface area contributed by atoms with Crippen LogP contribution in [0.2, 0.25) is 0 Å². The molecule has 106 valence electrons. The van der Waals surface area contributed by atoms with E-state index in [2.05, 4.69) is 36.3 Å². The van der Waals surface area contributed by atoms with Crippen molar-refractivity contribution in [2.24, 2.45) is 5.41 Å². The van der Waals surface area contributed by atoms with E-state index in [1.54, 1.807) is 0 Å². The molecule has 1 aromatic rings. The van der Waals surface area contributed by atoms with Crippen LogP contribution in [-0.4, -0.2) is 22.6 Å². The molecule has 0 atom stereocenters. The van der Waals surface area contributed by atoms with Crippen LogP contribution in [0, 0.1) is 5.41 Å². The normalized spacial score (nSPS) is 15.1. The van der Waals surface area contributed by atoms with E-state index in [0.29, 0.717) is 11.1 Å². The van der Waals surface area contributed by atoms with E-state index in [0.717, 1.165) is 49.9 Å². The number of amides is 1. The largest absolute Gasteiger partial charge is 0.351 e. The molecule has 2 rings (SSSR count). The van der Waals surface area contributed by atoms with Crippen molar-refractivity contribution in [2.45, 2.75) is 59.3 Å². The quantitative estimate of drug-likeness (QED) is 0.821. The van der Waals surface area contributed by atoms with Gasteiger partial charge in [-0.25, -0.2) is 0 Å². The first-order chi connectivity index (χ1) is 8.97. The summed E-state index contributed by atoms with van der Waals surface area (Å²) in [7, 11) is 0. The van der Waals surface area contributed by atoms with E-state index < -0.39 is 0 Å². The molecule has 0 spiro atoms. The van der Waals surface area contributed by atoms with Crippen molar-refractivity contribution >= 4 is 5.91 Å². The van der Waals surface area contributed by atoms with E-state index in [4.69, 9.17) is 0 Å². The molecule has 0 saturated heterocycles. The standard InChI is InChI=1S/C15H25N3O/c1-15(2,3)9-6-10-16-14(19)13-11-7-4-5-8-12(11)17-18-13/h4-10H2,1-3H3,(H,16,19)(H,17,18). The van der Waals surface area contributed by atoms with E-state index >= 15 is 0 Å². The van der Waals surface area contributed by atoms with Gasteiger partial charge in [-0.15, -0.1) is 0 Å². The second-order valence-corrected chi connectivity index (χ2v) is 6.66. The maximum atomic E-state index is 12.1. The van der Waals surface area contributed by atoms with Crippen molar-refractivity contribution in [3.8, 4) is 0 Å². The molecule has 1 aromatic heterocycles. The second-order valence-electron chi connectivity index (χ2n) is 6.66. The number of rotatable bonds is 4. The highest BCUT2D eigenvalue weighted by Crippen LogP contribution is 2.22. The van der Waals surface area contributed by atoms with Gasteiger partial charge >= 0.3 is 0 Å². The summed E-state index contributed by atoms with van der Waals surface area (Å²) in [6.45, 7) is 7.40. The molecule has 0 radical (unpaired) electrons. The van der Waals surface area contributed by atoms with Gasteiger partial charge in [0.2, 0.25) is 0 Å². The summed E-state index contributed by atoms with van der Waals surface area (Å²) in [6, 6.07) is 0. The fraction of sp³-hybridized carbons (Fsp3) is 0.733. The molecular formula is C15H25N3O. The van der Waals surface area contributed by atoms with Gasteiger partial charge in [0.15, 0.2) is 5.69 Å². The zero-order valence-electron chi connectivity index (χ0n) is 12.3. The lowest BCUT2D eigenvalue weighted by Crippen LogP contribution is -2.26. The van der Waals surface area contributed by atoms with Crippen molar-refractivity contribution in [3.63, 3.8) is 0 Å². The summed E-state index contributed by atoms with van der Waals surface area (Å²) in [4.78, 5) is 12.1. The van der Waals surface area contributed by atoms with E-state index in [1.807, 2.05) is 0 Å². The Morgan fingerprint density at radius 3 is 2.79 bits per heavy atom. The number of nitrogens with zero attached hydrogens (tertiary/aromatic N) is 1. The highest BCUT2D eigenvalue weighted by atomic mass is 16.1. The summed E-state index contributed by atoms with van der Waals surface area (Å²) in [5.74, 6) is -0.0201. The zero-order chi connectivity index (χ0) is 13.9.